The van der Waals surface area contributed by atoms with E-state index in [9.17, 15) is 18.9 Å². The number of nitrogens with zero attached hydrogens (tertiary/aromatic N) is 5. The Hall–Kier alpha value is -3.27. The van der Waals surface area contributed by atoms with Gasteiger partial charge in [0.1, 0.15) is 18.0 Å². The topological polar surface area (TPSA) is 68.5 Å². The summed E-state index contributed by atoms with van der Waals surface area (Å²) in [5.41, 5.74) is -0.656. The lowest BCUT2D eigenvalue weighted by Crippen LogP contribution is -2.35. The van der Waals surface area contributed by atoms with Crippen molar-refractivity contribution in [2.75, 3.05) is 11.9 Å². The fourth-order valence-electron chi connectivity index (χ4n) is 4.34. The smallest absolute Gasteiger partial charge is 0.369 e. The lowest BCUT2D eigenvalue weighted by Gasteiger charge is -2.20. The van der Waals surface area contributed by atoms with Gasteiger partial charge in [-0.3, -0.25) is 0 Å². The van der Waals surface area contributed by atoms with Gasteiger partial charge in [-0.05, 0) is 60.1 Å². The molecule has 1 aliphatic rings. The quantitative estimate of drug-likeness (QED) is 0.255. The van der Waals surface area contributed by atoms with Gasteiger partial charge in [0.05, 0.1) is 22.4 Å². The van der Waals surface area contributed by atoms with Crippen LogP contribution in [0.2, 0.25) is 5.02 Å². The fourth-order valence-corrected chi connectivity index (χ4v) is 4.63. The van der Waals surface area contributed by atoms with Crippen LogP contribution < -0.4 is 5.32 Å². The summed E-state index contributed by atoms with van der Waals surface area (Å²) in [4.78, 5) is 8.68. The number of aromatic nitrogens is 5. The van der Waals surface area contributed by atoms with Crippen LogP contribution in [0.1, 0.15) is 57.7 Å². The zero-order valence-electron chi connectivity index (χ0n) is 22.1. The summed E-state index contributed by atoms with van der Waals surface area (Å²) in [6, 6.07) is 8.75. The van der Waals surface area contributed by atoms with Crippen LogP contribution in [0, 0.1) is 11.2 Å². The van der Waals surface area contributed by atoms with Gasteiger partial charge >= 0.3 is 6.18 Å². The van der Waals surface area contributed by atoms with Crippen LogP contribution in [0.15, 0.2) is 48.9 Å². The van der Waals surface area contributed by atoms with Crippen molar-refractivity contribution in [3.63, 3.8) is 0 Å². The van der Waals surface area contributed by atoms with Crippen molar-refractivity contribution in [3.8, 4) is 0 Å². The van der Waals surface area contributed by atoms with Crippen molar-refractivity contribution in [2.24, 2.45) is 5.41 Å². The highest BCUT2D eigenvalue weighted by atomic mass is 35.5. The average molecular weight is 548 g/mol. The third kappa shape index (κ3) is 5.18. The van der Waals surface area contributed by atoms with Gasteiger partial charge in [0.2, 0.25) is 0 Å². The van der Waals surface area contributed by atoms with E-state index in [1.165, 1.54) is 36.8 Å². The molecule has 6 nitrogen and oxygen atoms in total. The van der Waals surface area contributed by atoms with E-state index in [0.29, 0.717) is 39.4 Å². The lowest BCUT2D eigenvalue weighted by molar-refractivity contribution is -0.182. The maximum absolute atomic E-state index is 13.8. The average Bonchev–Trinajstić information content (AvgIpc) is 3.53. The highest BCUT2D eigenvalue weighted by Gasteiger charge is 2.66. The number of hydrogen-bond acceptors (Lipinski definition) is 5. The van der Waals surface area contributed by atoms with E-state index in [0.717, 1.165) is 4.68 Å². The molecule has 4 aromatic rings. The SMILES string of the molecule is [2H][C@@](Cc1cc(Cl)c2ncnc(NCC(C)(C)C)c2c1)(c1ccc(F)cc1)c1cn(C2(C(F)(F)F)CC2)nn1. The Morgan fingerprint density at radius 3 is 2.47 bits per heavy atom. The normalized spacial score (nSPS) is 17.2. The summed E-state index contributed by atoms with van der Waals surface area (Å²) in [6.45, 7) is 6.87. The first-order valence-corrected chi connectivity index (χ1v) is 12.5. The van der Waals surface area contributed by atoms with Gasteiger partial charge < -0.3 is 5.32 Å². The van der Waals surface area contributed by atoms with Crippen LogP contribution in [0.3, 0.4) is 0 Å². The molecule has 0 spiro atoms. The molecule has 1 saturated carbocycles. The predicted octanol–water partition coefficient (Wildman–Crippen LogP) is 6.90. The van der Waals surface area contributed by atoms with Crippen LogP contribution in [0.5, 0.6) is 0 Å². The van der Waals surface area contributed by atoms with Gasteiger partial charge in [-0.1, -0.05) is 49.7 Å². The molecule has 0 aliphatic heterocycles. The van der Waals surface area contributed by atoms with Crippen molar-refractivity contribution in [1.82, 2.24) is 25.0 Å². The number of benzene rings is 2. The van der Waals surface area contributed by atoms with E-state index in [1.807, 2.05) is 6.07 Å². The van der Waals surface area contributed by atoms with Gasteiger partial charge in [0.15, 0.2) is 5.54 Å². The Kier molecular flexibility index (Phi) is 6.25. The molecule has 1 N–H and O–H groups in total. The van der Waals surface area contributed by atoms with Crippen LogP contribution in [0.25, 0.3) is 10.9 Å². The van der Waals surface area contributed by atoms with Crippen molar-refractivity contribution in [2.45, 2.75) is 57.6 Å². The third-order valence-corrected chi connectivity index (χ3v) is 6.89. The van der Waals surface area contributed by atoms with Crippen molar-refractivity contribution in [1.29, 1.82) is 0 Å². The van der Waals surface area contributed by atoms with E-state index in [2.05, 4.69) is 46.4 Å². The Labute approximate surface area is 223 Å². The van der Waals surface area contributed by atoms with Gasteiger partial charge in [0.25, 0.3) is 0 Å². The summed E-state index contributed by atoms with van der Waals surface area (Å²) in [6.07, 6.45) is -2.14. The molecule has 1 aliphatic carbocycles. The molecule has 0 unspecified atom stereocenters. The number of fused-ring (bicyclic) bond motifs is 1. The Morgan fingerprint density at radius 2 is 1.84 bits per heavy atom. The van der Waals surface area contributed by atoms with Crippen molar-refractivity contribution in [3.05, 3.63) is 76.6 Å². The molecule has 1 fully saturated rings. The van der Waals surface area contributed by atoms with Gasteiger partial charge in [-0.15, -0.1) is 5.10 Å². The zero-order chi connectivity index (χ0) is 28.2. The van der Waals surface area contributed by atoms with Gasteiger partial charge in [-0.2, -0.15) is 13.2 Å². The molecule has 38 heavy (non-hydrogen) atoms. The van der Waals surface area contributed by atoms with Gasteiger partial charge in [-0.25, -0.2) is 19.0 Å². The molecule has 2 aromatic heterocycles. The second-order valence-electron chi connectivity index (χ2n) is 10.9. The third-order valence-electron chi connectivity index (χ3n) is 6.60. The van der Waals surface area contributed by atoms with Gasteiger partial charge in [0, 0.05) is 19.2 Å². The van der Waals surface area contributed by atoms with Crippen LogP contribution in [0.4, 0.5) is 23.4 Å². The van der Waals surface area contributed by atoms with Crippen LogP contribution in [-0.4, -0.2) is 37.7 Å². The molecular formula is C27H27ClF4N6. The molecule has 0 amide bonds. The molecule has 5 rings (SSSR count). The first-order valence-electron chi connectivity index (χ1n) is 12.6. The molecular weight excluding hydrogens is 520 g/mol. The Morgan fingerprint density at radius 1 is 1.13 bits per heavy atom. The summed E-state index contributed by atoms with van der Waals surface area (Å²) in [7, 11) is 0. The molecule has 0 saturated heterocycles. The Bertz CT molecular complexity index is 1510. The Balaban J connectivity index is 1.59. The fraction of sp³-hybridized carbons (Fsp3) is 0.407. The number of nitrogens with one attached hydrogen (secondary N) is 1. The van der Waals surface area contributed by atoms with Crippen molar-refractivity contribution < 1.29 is 18.9 Å². The molecule has 1 atom stereocenters. The number of rotatable bonds is 7. The summed E-state index contributed by atoms with van der Waals surface area (Å²) in [5.74, 6) is -1.62. The lowest BCUT2D eigenvalue weighted by atomic mass is 9.89. The highest BCUT2D eigenvalue weighted by Crippen LogP contribution is 2.55. The number of hydrogen-bond donors (Lipinski definition) is 1. The minimum absolute atomic E-state index is 0.0104. The standard InChI is InChI=1S/C27H27ClF4N6/c1-25(2,3)14-33-24-20-11-16(12-21(28)23(20)34-15-35-24)10-19(17-4-6-18(29)7-5-17)22-13-38(37-36-22)26(8-9-26)27(30,31)32/h4-7,11-13,15,19H,8-10,14H2,1-3H3,(H,33,34,35)/t19-/m1/s1/i19D. The summed E-state index contributed by atoms with van der Waals surface area (Å²) >= 11 is 6.60. The minimum atomic E-state index is -4.50. The van der Waals surface area contributed by atoms with E-state index in [1.54, 1.807) is 6.07 Å². The molecule has 0 bridgehead atoms. The molecule has 2 aromatic carbocycles. The maximum atomic E-state index is 13.8. The summed E-state index contributed by atoms with van der Waals surface area (Å²) < 4.78 is 65.4. The monoisotopic (exact) mass is 547 g/mol. The number of halogens is 5. The molecule has 2 heterocycles. The predicted molar refractivity (Wildman–Crippen MR) is 138 cm³/mol. The van der Waals surface area contributed by atoms with Crippen LogP contribution in [-0.2, 0) is 12.0 Å². The molecule has 11 heteroatoms. The highest BCUT2D eigenvalue weighted by molar-refractivity contribution is 6.35. The van der Waals surface area contributed by atoms with Crippen LogP contribution >= 0.6 is 11.6 Å². The molecule has 0 radical (unpaired) electrons. The second-order valence-corrected chi connectivity index (χ2v) is 11.3. The summed E-state index contributed by atoms with van der Waals surface area (Å²) in [5, 5.41) is 12.1. The maximum Gasteiger partial charge on any atom is 0.413 e. The molecule has 200 valence electrons. The first kappa shape index (κ1) is 25.0. The van der Waals surface area contributed by atoms with E-state index < -0.39 is 23.4 Å². The van der Waals surface area contributed by atoms with E-state index in [4.69, 9.17) is 11.6 Å². The van der Waals surface area contributed by atoms with E-state index >= 15 is 0 Å². The zero-order valence-corrected chi connectivity index (χ0v) is 21.8. The van der Waals surface area contributed by atoms with Crippen molar-refractivity contribution >= 4 is 28.3 Å². The number of alkyl halides is 3. The van der Waals surface area contributed by atoms with E-state index in [-0.39, 0.29) is 30.4 Å². The second kappa shape index (κ2) is 9.48. The first-order chi connectivity index (χ1) is 18.2. The number of anilines is 1. The minimum Gasteiger partial charge on any atom is -0.369 e. The largest absolute Gasteiger partial charge is 0.413 e.